The molecule has 1 aliphatic heterocycles. The van der Waals surface area contributed by atoms with Crippen molar-refractivity contribution < 1.29 is 28.7 Å². The van der Waals surface area contributed by atoms with Crippen molar-refractivity contribution in [2.75, 3.05) is 13.7 Å². The second-order valence-corrected chi connectivity index (χ2v) is 11.7. The highest BCUT2D eigenvalue weighted by Gasteiger charge is 2.50. The highest BCUT2D eigenvalue weighted by molar-refractivity contribution is 5.99. The van der Waals surface area contributed by atoms with Gasteiger partial charge in [0.2, 0.25) is 11.8 Å². The van der Waals surface area contributed by atoms with Gasteiger partial charge in [0.1, 0.15) is 23.4 Å². The van der Waals surface area contributed by atoms with E-state index in [4.69, 9.17) is 9.47 Å². The number of nitrogens with one attached hydrogen (secondary N) is 4. The van der Waals surface area contributed by atoms with Gasteiger partial charge in [0.15, 0.2) is 11.6 Å². The van der Waals surface area contributed by atoms with Crippen molar-refractivity contribution in [2.45, 2.75) is 76.1 Å². The molecule has 1 saturated carbocycles. The first-order valence-electron chi connectivity index (χ1n) is 14.8. The van der Waals surface area contributed by atoms with Crippen LogP contribution in [0.3, 0.4) is 0 Å². The Balaban J connectivity index is 1.30. The highest BCUT2D eigenvalue weighted by atomic mass is 16.6. The van der Waals surface area contributed by atoms with Crippen LogP contribution < -0.4 is 20.7 Å². The maximum Gasteiger partial charge on any atom is 0.287 e. The van der Waals surface area contributed by atoms with E-state index in [0.717, 1.165) is 31.2 Å². The fraction of sp³-hybridized carbons (Fsp3) is 0.469. The molecule has 0 bridgehead atoms. The summed E-state index contributed by atoms with van der Waals surface area (Å²) in [6.45, 7) is 3.61. The zero-order valence-corrected chi connectivity index (χ0v) is 24.8. The lowest BCUT2D eigenvalue weighted by Gasteiger charge is -2.26. The molecule has 43 heavy (non-hydrogen) atoms. The quantitative estimate of drug-likeness (QED) is 0.224. The Hall–Kier alpha value is -4.25. The van der Waals surface area contributed by atoms with Crippen LogP contribution in [0.4, 0.5) is 0 Å². The van der Waals surface area contributed by atoms with E-state index in [2.05, 4.69) is 25.9 Å². The molecule has 5 rings (SSSR count). The van der Waals surface area contributed by atoms with Crippen LogP contribution in [-0.4, -0.2) is 70.9 Å². The van der Waals surface area contributed by atoms with Crippen LogP contribution in [0.25, 0.3) is 11.0 Å². The first kappa shape index (κ1) is 30.2. The standard InChI is InChI=1S/C32H39N5O6/c1-19(33-31(41)28-34-23-10-6-7-11-24(23)35-28)29(39)37-26(17-21-12-14-22(42-3)15-13-21)30(40)36-25(16-20-8-4-5-9-20)27(38)32(2)18-43-32/h6-7,10-15,19-20,25-26H,4-5,8-9,16-18H2,1-3H3,(H,33,41)(H,34,35)(H,36,40)(H,37,39)/t19-,25+,26+,32-/m1/s1. The molecule has 11 nitrogen and oxygen atoms in total. The summed E-state index contributed by atoms with van der Waals surface area (Å²) in [5, 5.41) is 8.40. The number of carbonyl (C=O) groups is 4. The molecule has 11 heteroatoms. The number of para-hydroxylation sites is 2. The van der Waals surface area contributed by atoms with Crippen LogP contribution in [0.2, 0.25) is 0 Å². The van der Waals surface area contributed by atoms with Crippen molar-refractivity contribution in [1.29, 1.82) is 0 Å². The third kappa shape index (κ3) is 7.40. The van der Waals surface area contributed by atoms with E-state index in [1.165, 1.54) is 6.92 Å². The zero-order chi connectivity index (χ0) is 30.6. The average Bonchev–Trinajstić information content (AvgIpc) is 3.36. The Bertz CT molecular complexity index is 1440. The molecule has 3 aromatic rings. The Kier molecular flexibility index (Phi) is 9.10. The fourth-order valence-corrected chi connectivity index (χ4v) is 5.60. The minimum atomic E-state index is -1.00. The minimum absolute atomic E-state index is 0.0810. The molecule has 0 radical (unpaired) electrons. The number of hydrogen-bond acceptors (Lipinski definition) is 7. The number of Topliss-reactive ketones (excluding diaryl/α,β-unsaturated/α-hetero) is 1. The molecule has 3 amide bonds. The Labute approximate surface area is 250 Å². The molecular weight excluding hydrogens is 550 g/mol. The number of nitrogens with zero attached hydrogens (tertiary/aromatic N) is 1. The van der Waals surface area contributed by atoms with Gasteiger partial charge in [0, 0.05) is 6.42 Å². The maximum absolute atomic E-state index is 13.8. The number of ether oxygens (including phenoxy) is 2. The van der Waals surface area contributed by atoms with Crippen LogP contribution in [0.1, 0.15) is 62.1 Å². The molecule has 0 spiro atoms. The molecule has 2 fully saturated rings. The first-order chi connectivity index (χ1) is 20.6. The number of rotatable bonds is 13. The van der Waals surface area contributed by atoms with Gasteiger partial charge >= 0.3 is 0 Å². The van der Waals surface area contributed by atoms with E-state index in [1.807, 2.05) is 24.3 Å². The van der Waals surface area contributed by atoms with E-state index in [0.29, 0.717) is 35.7 Å². The Morgan fingerprint density at radius 1 is 1.00 bits per heavy atom. The van der Waals surface area contributed by atoms with Gasteiger partial charge in [-0.2, -0.15) is 0 Å². The lowest BCUT2D eigenvalue weighted by atomic mass is 9.90. The van der Waals surface area contributed by atoms with Gasteiger partial charge in [-0.25, -0.2) is 4.98 Å². The molecule has 4 N–H and O–H groups in total. The van der Waals surface area contributed by atoms with Gasteiger partial charge in [-0.05, 0) is 56.0 Å². The number of H-pyrrole nitrogens is 1. The number of ketones is 1. The van der Waals surface area contributed by atoms with Gasteiger partial charge in [-0.15, -0.1) is 0 Å². The van der Waals surface area contributed by atoms with Crippen LogP contribution in [-0.2, 0) is 25.5 Å². The number of fused-ring (bicyclic) bond motifs is 1. The first-order valence-corrected chi connectivity index (χ1v) is 14.8. The summed E-state index contributed by atoms with van der Waals surface area (Å²) in [4.78, 5) is 60.5. The summed E-state index contributed by atoms with van der Waals surface area (Å²) in [7, 11) is 1.57. The normalized spacial score (nSPS) is 20.2. The predicted molar refractivity (Wildman–Crippen MR) is 160 cm³/mol. The summed E-state index contributed by atoms with van der Waals surface area (Å²) in [6, 6.07) is 11.7. The summed E-state index contributed by atoms with van der Waals surface area (Å²) in [5.41, 5.74) is 1.23. The molecule has 1 aromatic heterocycles. The van der Waals surface area contributed by atoms with Crippen molar-refractivity contribution in [2.24, 2.45) is 5.92 Å². The van der Waals surface area contributed by atoms with Crippen LogP contribution in [0.5, 0.6) is 5.75 Å². The predicted octanol–water partition coefficient (Wildman–Crippen LogP) is 2.84. The molecule has 1 aliphatic carbocycles. The van der Waals surface area contributed by atoms with Gasteiger partial charge in [0.25, 0.3) is 5.91 Å². The summed E-state index contributed by atoms with van der Waals surface area (Å²) in [6.07, 6.45) is 4.97. The highest BCUT2D eigenvalue weighted by Crippen LogP contribution is 2.33. The second-order valence-electron chi connectivity index (χ2n) is 11.7. The third-order valence-electron chi connectivity index (χ3n) is 8.35. The molecule has 0 unspecified atom stereocenters. The van der Waals surface area contributed by atoms with Crippen molar-refractivity contribution in [3.63, 3.8) is 0 Å². The average molecular weight is 590 g/mol. The number of epoxide rings is 1. The summed E-state index contributed by atoms with van der Waals surface area (Å²) in [5.74, 6) is -0.619. The van der Waals surface area contributed by atoms with Gasteiger partial charge in [-0.3, -0.25) is 19.2 Å². The largest absolute Gasteiger partial charge is 0.497 e. The zero-order valence-electron chi connectivity index (χ0n) is 24.8. The molecular formula is C32H39N5O6. The molecule has 2 aromatic carbocycles. The van der Waals surface area contributed by atoms with Crippen molar-refractivity contribution in [1.82, 2.24) is 25.9 Å². The van der Waals surface area contributed by atoms with Crippen LogP contribution in [0.15, 0.2) is 48.5 Å². The van der Waals surface area contributed by atoms with E-state index >= 15 is 0 Å². The SMILES string of the molecule is COc1ccc(C[C@H](NC(=O)[C@@H](C)NC(=O)c2nc3ccccc3[nH]2)C(=O)N[C@@H](CC2CCCC2)C(=O)[C@@]2(C)CO2)cc1. The van der Waals surface area contributed by atoms with Crippen molar-refractivity contribution in [3.05, 3.63) is 59.9 Å². The molecule has 1 saturated heterocycles. The maximum atomic E-state index is 13.8. The number of carbonyl (C=O) groups excluding carboxylic acids is 4. The van der Waals surface area contributed by atoms with E-state index in [-0.39, 0.29) is 18.0 Å². The van der Waals surface area contributed by atoms with Crippen molar-refractivity contribution in [3.8, 4) is 5.75 Å². The number of amides is 3. The third-order valence-corrected chi connectivity index (χ3v) is 8.35. The lowest BCUT2D eigenvalue weighted by Crippen LogP contribution is -2.57. The van der Waals surface area contributed by atoms with Crippen LogP contribution in [0, 0.1) is 5.92 Å². The monoisotopic (exact) mass is 589 g/mol. The number of aromatic nitrogens is 2. The smallest absolute Gasteiger partial charge is 0.287 e. The van der Waals surface area contributed by atoms with E-state index < -0.39 is 41.4 Å². The molecule has 2 heterocycles. The summed E-state index contributed by atoms with van der Waals surface area (Å²) >= 11 is 0. The second kappa shape index (κ2) is 12.9. The van der Waals surface area contributed by atoms with Gasteiger partial charge in [0.05, 0.1) is 30.8 Å². The Morgan fingerprint density at radius 2 is 1.67 bits per heavy atom. The molecule has 4 atom stereocenters. The number of hydrogen-bond donors (Lipinski definition) is 4. The minimum Gasteiger partial charge on any atom is -0.497 e. The number of methoxy groups -OCH3 is 1. The summed E-state index contributed by atoms with van der Waals surface area (Å²) < 4.78 is 10.7. The number of benzene rings is 2. The van der Waals surface area contributed by atoms with Gasteiger partial charge in [-0.1, -0.05) is 49.9 Å². The molecule has 2 aliphatic rings. The van der Waals surface area contributed by atoms with E-state index in [1.54, 1.807) is 38.3 Å². The number of imidazole rings is 1. The number of aromatic amines is 1. The topological polar surface area (TPSA) is 155 Å². The molecule has 228 valence electrons. The fourth-order valence-electron chi connectivity index (χ4n) is 5.60. The van der Waals surface area contributed by atoms with E-state index in [9.17, 15) is 19.2 Å². The van der Waals surface area contributed by atoms with Crippen LogP contribution >= 0.6 is 0 Å². The Morgan fingerprint density at radius 3 is 2.33 bits per heavy atom. The lowest BCUT2D eigenvalue weighted by molar-refractivity contribution is -0.133. The van der Waals surface area contributed by atoms with Crippen molar-refractivity contribution >= 4 is 34.5 Å². The van der Waals surface area contributed by atoms with Gasteiger partial charge < -0.3 is 30.4 Å².